The van der Waals surface area contributed by atoms with Gasteiger partial charge in [-0.05, 0) is 58.6 Å². The van der Waals surface area contributed by atoms with Gasteiger partial charge in [0.1, 0.15) is 0 Å². The normalized spacial score (nSPS) is 13.1. The molecule has 0 spiro atoms. The zero-order valence-electron chi connectivity index (χ0n) is 17.0. The molecule has 1 N–H and O–H groups in total. The Morgan fingerprint density at radius 1 is 0.800 bits per heavy atom. The maximum absolute atomic E-state index is 3.71. The van der Waals surface area contributed by atoms with Crippen LogP contribution >= 0.6 is 0 Å². The zero-order valence-corrected chi connectivity index (χ0v) is 17.0. The smallest absolute Gasteiger partial charge is 0.0497 e. The minimum Gasteiger partial charge on any atom is -0.354 e. The van der Waals surface area contributed by atoms with Crippen LogP contribution in [0.25, 0.3) is 21.8 Å². The number of nitrogens with one attached hydrogen (secondary N) is 1. The summed E-state index contributed by atoms with van der Waals surface area (Å²) < 4.78 is 0. The van der Waals surface area contributed by atoms with E-state index in [9.17, 15) is 0 Å². The molecule has 0 aliphatic rings. The molecule has 0 atom stereocenters. The molecule has 3 aromatic rings. The number of H-pyrrole nitrogens is 1. The van der Waals surface area contributed by atoms with Gasteiger partial charge in [-0.1, -0.05) is 67.0 Å². The molecule has 0 saturated carbocycles. The summed E-state index contributed by atoms with van der Waals surface area (Å²) in [5, 5.41) is 2.76. The second kappa shape index (κ2) is 6.20. The van der Waals surface area contributed by atoms with Gasteiger partial charge in [0.05, 0.1) is 0 Å². The van der Waals surface area contributed by atoms with Crippen molar-refractivity contribution in [3.05, 3.63) is 47.0 Å². The fraction of sp³-hybridized carbons (Fsp3) is 0.500. The van der Waals surface area contributed by atoms with Crippen LogP contribution in [0.5, 0.6) is 0 Å². The van der Waals surface area contributed by atoms with Gasteiger partial charge in [-0.3, -0.25) is 0 Å². The summed E-state index contributed by atoms with van der Waals surface area (Å²) in [6.45, 7) is 16.1. The monoisotopic (exact) mass is 335 g/mol. The Kier molecular flexibility index (Phi) is 4.47. The number of aromatic amines is 1. The summed E-state index contributed by atoms with van der Waals surface area (Å²) in [6, 6.07) is 11.8. The number of hydrogen-bond acceptors (Lipinski definition) is 0. The molecule has 1 heterocycles. The summed E-state index contributed by atoms with van der Waals surface area (Å²) in [6.07, 6.45) is 3.62. The molecule has 3 rings (SSSR count). The number of aromatic nitrogens is 1. The first-order valence-electron chi connectivity index (χ1n) is 9.70. The molecule has 134 valence electrons. The second-order valence-corrected chi connectivity index (χ2v) is 9.55. The van der Waals surface area contributed by atoms with E-state index in [-0.39, 0.29) is 10.8 Å². The average Bonchev–Trinajstić information content (AvgIpc) is 2.88. The Labute approximate surface area is 152 Å². The fourth-order valence-electron chi connectivity index (χ4n) is 3.54. The topological polar surface area (TPSA) is 15.8 Å². The molecule has 0 amide bonds. The SMILES string of the molecule is CCCCc1cc(C(C)(C)C)cc2c1[nH]c1ccc(C(C)(C)C)cc12. The quantitative estimate of drug-likeness (QED) is 0.518. The van der Waals surface area contributed by atoms with Gasteiger partial charge in [0, 0.05) is 21.8 Å². The first-order chi connectivity index (χ1) is 11.6. The van der Waals surface area contributed by atoms with E-state index < -0.39 is 0 Å². The van der Waals surface area contributed by atoms with Crippen molar-refractivity contribution in [2.75, 3.05) is 0 Å². The van der Waals surface area contributed by atoms with E-state index in [0.29, 0.717) is 0 Å². The predicted octanol–water partition coefficient (Wildman–Crippen LogP) is 7.26. The Morgan fingerprint density at radius 2 is 1.44 bits per heavy atom. The van der Waals surface area contributed by atoms with E-state index in [0.717, 1.165) is 6.42 Å². The highest BCUT2D eigenvalue weighted by atomic mass is 14.7. The van der Waals surface area contributed by atoms with Gasteiger partial charge in [0.15, 0.2) is 0 Å². The number of unbranched alkanes of at least 4 members (excludes halogenated alkanes) is 1. The summed E-state index contributed by atoms with van der Waals surface area (Å²) in [5.41, 5.74) is 7.24. The van der Waals surface area contributed by atoms with Crippen molar-refractivity contribution in [1.29, 1.82) is 0 Å². The van der Waals surface area contributed by atoms with Crippen LogP contribution in [0.1, 0.15) is 78.0 Å². The van der Waals surface area contributed by atoms with Gasteiger partial charge in [-0.2, -0.15) is 0 Å². The van der Waals surface area contributed by atoms with Gasteiger partial charge in [-0.25, -0.2) is 0 Å². The number of aryl methyl sites for hydroxylation is 1. The molecule has 1 aromatic heterocycles. The van der Waals surface area contributed by atoms with Crippen molar-refractivity contribution >= 4 is 21.8 Å². The van der Waals surface area contributed by atoms with Crippen LogP contribution in [0.2, 0.25) is 0 Å². The van der Waals surface area contributed by atoms with E-state index >= 15 is 0 Å². The molecule has 0 fully saturated rings. The molecule has 0 radical (unpaired) electrons. The Hall–Kier alpha value is -1.76. The summed E-state index contributed by atoms with van der Waals surface area (Å²) in [4.78, 5) is 3.71. The van der Waals surface area contributed by atoms with Crippen molar-refractivity contribution in [2.24, 2.45) is 0 Å². The predicted molar refractivity (Wildman–Crippen MR) is 112 cm³/mol. The van der Waals surface area contributed by atoms with Crippen molar-refractivity contribution in [1.82, 2.24) is 4.98 Å². The molecule has 2 aromatic carbocycles. The van der Waals surface area contributed by atoms with Crippen molar-refractivity contribution in [3.63, 3.8) is 0 Å². The van der Waals surface area contributed by atoms with Crippen LogP contribution in [0, 0.1) is 0 Å². The summed E-state index contributed by atoms with van der Waals surface area (Å²) in [5.74, 6) is 0. The minimum atomic E-state index is 0.167. The maximum Gasteiger partial charge on any atom is 0.0497 e. The highest BCUT2D eigenvalue weighted by molar-refractivity contribution is 6.08. The Bertz CT molecular complexity index is 898. The van der Waals surface area contributed by atoms with Gasteiger partial charge in [0.25, 0.3) is 0 Å². The van der Waals surface area contributed by atoms with Gasteiger partial charge in [-0.15, -0.1) is 0 Å². The van der Waals surface area contributed by atoms with Gasteiger partial charge in [0.2, 0.25) is 0 Å². The van der Waals surface area contributed by atoms with E-state index in [1.165, 1.54) is 51.3 Å². The third-order valence-electron chi connectivity index (χ3n) is 5.32. The Morgan fingerprint density at radius 3 is 2.04 bits per heavy atom. The van der Waals surface area contributed by atoms with E-state index in [1.807, 2.05) is 0 Å². The third kappa shape index (κ3) is 3.47. The molecule has 1 heteroatoms. The molecule has 0 saturated heterocycles. The van der Waals surface area contributed by atoms with Crippen LogP contribution in [-0.4, -0.2) is 4.98 Å². The summed E-state index contributed by atoms with van der Waals surface area (Å²) in [7, 11) is 0. The molecular weight excluding hydrogens is 302 g/mol. The maximum atomic E-state index is 3.71. The van der Waals surface area contributed by atoms with Crippen LogP contribution in [0.3, 0.4) is 0 Å². The zero-order chi connectivity index (χ0) is 18.4. The minimum absolute atomic E-state index is 0.167. The van der Waals surface area contributed by atoms with E-state index in [2.05, 4.69) is 83.8 Å². The van der Waals surface area contributed by atoms with Gasteiger partial charge < -0.3 is 4.98 Å². The third-order valence-corrected chi connectivity index (χ3v) is 5.32. The van der Waals surface area contributed by atoms with Crippen molar-refractivity contribution < 1.29 is 0 Å². The standard InChI is InChI=1S/C24H33N/c1-8-9-10-16-13-18(24(5,6)7)15-20-19-14-17(23(2,3)4)11-12-21(19)25-22(16)20/h11-15,25H,8-10H2,1-7H3. The molecular formula is C24H33N. The molecule has 25 heavy (non-hydrogen) atoms. The average molecular weight is 336 g/mol. The number of benzene rings is 2. The number of fused-ring (bicyclic) bond motifs is 3. The second-order valence-electron chi connectivity index (χ2n) is 9.55. The number of hydrogen-bond donors (Lipinski definition) is 1. The summed E-state index contributed by atoms with van der Waals surface area (Å²) >= 11 is 0. The van der Waals surface area contributed by atoms with Crippen molar-refractivity contribution in [3.8, 4) is 0 Å². The lowest BCUT2D eigenvalue weighted by molar-refractivity contribution is 0.589. The van der Waals surface area contributed by atoms with Crippen molar-refractivity contribution in [2.45, 2.75) is 78.6 Å². The van der Waals surface area contributed by atoms with E-state index in [1.54, 1.807) is 0 Å². The van der Waals surface area contributed by atoms with Crippen LogP contribution in [0.4, 0.5) is 0 Å². The first kappa shape index (κ1) is 18.0. The van der Waals surface area contributed by atoms with Crippen LogP contribution < -0.4 is 0 Å². The molecule has 1 nitrogen and oxygen atoms in total. The Balaban J connectivity index is 2.32. The molecule has 0 bridgehead atoms. The van der Waals surface area contributed by atoms with E-state index in [4.69, 9.17) is 0 Å². The lowest BCUT2D eigenvalue weighted by Gasteiger charge is -2.21. The highest BCUT2D eigenvalue weighted by Crippen LogP contribution is 2.36. The van der Waals surface area contributed by atoms with Crippen LogP contribution in [-0.2, 0) is 17.3 Å². The van der Waals surface area contributed by atoms with Crippen LogP contribution in [0.15, 0.2) is 30.3 Å². The lowest BCUT2D eigenvalue weighted by atomic mass is 9.83. The largest absolute Gasteiger partial charge is 0.354 e. The fourth-order valence-corrected chi connectivity index (χ4v) is 3.54. The molecule has 0 unspecified atom stereocenters. The molecule has 0 aliphatic carbocycles. The number of rotatable bonds is 3. The first-order valence-corrected chi connectivity index (χ1v) is 9.70. The molecule has 0 aliphatic heterocycles. The highest BCUT2D eigenvalue weighted by Gasteiger charge is 2.20. The van der Waals surface area contributed by atoms with Gasteiger partial charge >= 0.3 is 0 Å². The lowest BCUT2D eigenvalue weighted by Crippen LogP contribution is -2.11.